The number of carbonyl (C=O) groups is 2. The molecule has 2 heterocycles. The summed E-state index contributed by atoms with van der Waals surface area (Å²) in [5.41, 5.74) is 0.897. The van der Waals surface area contributed by atoms with Crippen LogP contribution in [0.2, 0.25) is 0 Å². The van der Waals surface area contributed by atoms with Crippen LogP contribution >= 0.6 is 0 Å². The lowest BCUT2D eigenvalue weighted by Gasteiger charge is -2.21. The first-order valence-corrected chi connectivity index (χ1v) is 6.76. The van der Waals surface area contributed by atoms with Gasteiger partial charge in [0.15, 0.2) is 0 Å². The lowest BCUT2D eigenvalue weighted by molar-refractivity contribution is -0.129. The van der Waals surface area contributed by atoms with E-state index in [1.54, 1.807) is 11.1 Å². The second-order valence-electron chi connectivity index (χ2n) is 5.31. The van der Waals surface area contributed by atoms with E-state index in [1.165, 1.54) is 0 Å². The molecular formula is C14H20N4O2. The maximum absolute atomic E-state index is 11.9. The lowest BCUT2D eigenvalue weighted by atomic mass is 10.2. The maximum Gasteiger partial charge on any atom is 0.320 e. The van der Waals surface area contributed by atoms with E-state index in [9.17, 15) is 9.59 Å². The molecular weight excluding hydrogens is 256 g/mol. The number of carbonyl (C=O) groups excluding carboxylic acids is 2. The van der Waals surface area contributed by atoms with Gasteiger partial charge in [0.1, 0.15) is 5.82 Å². The third-order valence-corrected chi connectivity index (χ3v) is 3.36. The van der Waals surface area contributed by atoms with Crippen LogP contribution in [0.1, 0.15) is 25.8 Å². The van der Waals surface area contributed by atoms with Crippen molar-refractivity contribution in [2.75, 3.05) is 11.9 Å². The first-order chi connectivity index (χ1) is 9.47. The summed E-state index contributed by atoms with van der Waals surface area (Å²) in [6.07, 6.45) is 1.98. The summed E-state index contributed by atoms with van der Waals surface area (Å²) in [6, 6.07) is 3.39. The van der Waals surface area contributed by atoms with Crippen molar-refractivity contribution in [3.05, 3.63) is 23.9 Å². The molecule has 0 saturated carbocycles. The Bertz CT molecular complexity index is 516. The first-order valence-electron chi connectivity index (χ1n) is 6.76. The topological polar surface area (TPSA) is 74.3 Å². The third kappa shape index (κ3) is 3.26. The number of aromatic nitrogens is 1. The molecule has 0 radical (unpaired) electrons. The van der Waals surface area contributed by atoms with Gasteiger partial charge in [-0.15, -0.1) is 0 Å². The quantitative estimate of drug-likeness (QED) is 0.879. The number of hydrogen-bond donors (Lipinski definition) is 2. The van der Waals surface area contributed by atoms with Crippen LogP contribution < -0.4 is 10.6 Å². The minimum absolute atomic E-state index is 0.0827. The minimum Gasteiger partial charge on any atom is -0.338 e. The fraction of sp³-hybridized carbons (Fsp3) is 0.500. The highest BCUT2D eigenvalue weighted by atomic mass is 16.2. The summed E-state index contributed by atoms with van der Waals surface area (Å²) in [7, 11) is 0. The largest absolute Gasteiger partial charge is 0.338 e. The van der Waals surface area contributed by atoms with Crippen molar-refractivity contribution in [2.24, 2.45) is 0 Å². The van der Waals surface area contributed by atoms with Crippen molar-refractivity contribution in [1.29, 1.82) is 0 Å². The van der Waals surface area contributed by atoms with E-state index >= 15 is 0 Å². The average molecular weight is 276 g/mol. The van der Waals surface area contributed by atoms with Crippen LogP contribution in [0.25, 0.3) is 0 Å². The zero-order chi connectivity index (χ0) is 14.7. The monoisotopic (exact) mass is 276 g/mol. The number of anilines is 1. The summed E-state index contributed by atoms with van der Waals surface area (Å²) in [5.74, 6) is 0.620. The molecule has 1 aromatic heterocycles. The van der Waals surface area contributed by atoms with Gasteiger partial charge in [-0.2, -0.15) is 0 Å². The van der Waals surface area contributed by atoms with Crippen LogP contribution in [0.4, 0.5) is 10.6 Å². The summed E-state index contributed by atoms with van der Waals surface area (Å²) in [4.78, 5) is 29.6. The molecule has 0 aromatic carbocycles. The van der Waals surface area contributed by atoms with Crippen LogP contribution in [-0.4, -0.2) is 40.5 Å². The van der Waals surface area contributed by atoms with Gasteiger partial charge in [0.2, 0.25) is 5.91 Å². The fourth-order valence-electron chi connectivity index (χ4n) is 2.27. The van der Waals surface area contributed by atoms with Gasteiger partial charge >= 0.3 is 6.03 Å². The second kappa shape index (κ2) is 5.90. The predicted octanol–water partition coefficient (Wildman–Crippen LogP) is 1.52. The van der Waals surface area contributed by atoms with Crippen LogP contribution in [0, 0.1) is 6.92 Å². The van der Waals surface area contributed by atoms with Crippen LogP contribution in [-0.2, 0) is 4.79 Å². The predicted molar refractivity (Wildman–Crippen MR) is 76.4 cm³/mol. The Morgan fingerprint density at radius 3 is 2.85 bits per heavy atom. The normalized spacial score (nSPS) is 18.5. The van der Waals surface area contributed by atoms with E-state index in [0.29, 0.717) is 18.8 Å². The molecule has 6 nitrogen and oxygen atoms in total. The van der Waals surface area contributed by atoms with Crippen molar-refractivity contribution in [1.82, 2.24) is 15.2 Å². The molecule has 108 valence electrons. The molecule has 1 atom stereocenters. The number of likely N-dealkylation sites (tertiary alicyclic amines) is 1. The third-order valence-electron chi connectivity index (χ3n) is 3.36. The summed E-state index contributed by atoms with van der Waals surface area (Å²) in [6.45, 7) is 6.38. The standard InChI is InChI=1S/C14H20N4O2/c1-9(2)18-8-11(7-12(18)19)16-14(20)17-13-10(3)5-4-6-15-13/h4-6,9,11H,7-8H2,1-3H3,(H2,15,16,17,20). The van der Waals surface area contributed by atoms with E-state index in [4.69, 9.17) is 0 Å². The van der Waals surface area contributed by atoms with Crippen LogP contribution in [0.15, 0.2) is 18.3 Å². The summed E-state index contributed by atoms with van der Waals surface area (Å²) >= 11 is 0. The molecule has 3 amide bonds. The van der Waals surface area contributed by atoms with Gasteiger partial charge in [-0.1, -0.05) is 6.07 Å². The number of urea groups is 1. The lowest BCUT2D eigenvalue weighted by Crippen LogP contribution is -2.41. The number of nitrogens with zero attached hydrogens (tertiary/aromatic N) is 2. The number of hydrogen-bond acceptors (Lipinski definition) is 3. The van der Waals surface area contributed by atoms with Crippen molar-refractivity contribution in [2.45, 2.75) is 39.3 Å². The average Bonchev–Trinajstić information content (AvgIpc) is 2.73. The molecule has 2 N–H and O–H groups in total. The Morgan fingerprint density at radius 1 is 1.50 bits per heavy atom. The Morgan fingerprint density at radius 2 is 2.25 bits per heavy atom. The van der Waals surface area contributed by atoms with Gasteiger partial charge in [0, 0.05) is 25.2 Å². The zero-order valence-electron chi connectivity index (χ0n) is 12.0. The Labute approximate surface area is 118 Å². The maximum atomic E-state index is 11.9. The molecule has 2 rings (SSSR count). The summed E-state index contributed by atoms with van der Waals surface area (Å²) in [5, 5.41) is 5.52. The molecule has 1 saturated heterocycles. The van der Waals surface area contributed by atoms with Crippen molar-refractivity contribution < 1.29 is 9.59 Å². The van der Waals surface area contributed by atoms with Gasteiger partial charge in [0.05, 0.1) is 6.04 Å². The number of nitrogens with one attached hydrogen (secondary N) is 2. The van der Waals surface area contributed by atoms with Crippen molar-refractivity contribution in [3.63, 3.8) is 0 Å². The van der Waals surface area contributed by atoms with Crippen molar-refractivity contribution >= 4 is 17.8 Å². The number of aryl methyl sites for hydroxylation is 1. The zero-order valence-corrected chi connectivity index (χ0v) is 12.0. The van der Waals surface area contributed by atoms with Crippen molar-refractivity contribution in [3.8, 4) is 0 Å². The molecule has 1 unspecified atom stereocenters. The highest BCUT2D eigenvalue weighted by Gasteiger charge is 2.31. The molecule has 1 fully saturated rings. The van der Waals surface area contributed by atoms with Gasteiger partial charge in [-0.05, 0) is 32.4 Å². The molecule has 6 heteroatoms. The molecule has 20 heavy (non-hydrogen) atoms. The van der Waals surface area contributed by atoms with Gasteiger partial charge in [0.25, 0.3) is 0 Å². The number of amides is 3. The SMILES string of the molecule is Cc1cccnc1NC(=O)NC1CC(=O)N(C(C)C)C1. The first kappa shape index (κ1) is 14.3. The van der Waals surface area contributed by atoms with Gasteiger partial charge in [-0.25, -0.2) is 9.78 Å². The Balaban J connectivity index is 1.90. The fourth-order valence-corrected chi connectivity index (χ4v) is 2.27. The molecule has 1 aliphatic rings. The van der Waals surface area contributed by atoms with Gasteiger partial charge < -0.3 is 10.2 Å². The summed E-state index contributed by atoms with van der Waals surface area (Å²) < 4.78 is 0. The second-order valence-corrected chi connectivity index (χ2v) is 5.31. The number of pyridine rings is 1. The molecule has 1 aliphatic heterocycles. The smallest absolute Gasteiger partial charge is 0.320 e. The Hall–Kier alpha value is -2.11. The Kier molecular flexibility index (Phi) is 4.22. The molecule has 0 spiro atoms. The van der Waals surface area contributed by atoms with Crippen LogP contribution in [0.5, 0.6) is 0 Å². The molecule has 0 aliphatic carbocycles. The minimum atomic E-state index is -0.324. The number of rotatable bonds is 3. The van der Waals surface area contributed by atoms with Gasteiger partial charge in [-0.3, -0.25) is 10.1 Å². The van der Waals surface area contributed by atoms with E-state index < -0.39 is 0 Å². The van der Waals surface area contributed by atoms with E-state index in [-0.39, 0.29) is 24.0 Å². The van der Waals surface area contributed by atoms with E-state index in [2.05, 4.69) is 15.6 Å². The van der Waals surface area contributed by atoms with Crippen LogP contribution in [0.3, 0.4) is 0 Å². The highest BCUT2D eigenvalue weighted by molar-refractivity contribution is 5.90. The highest BCUT2D eigenvalue weighted by Crippen LogP contribution is 2.15. The molecule has 1 aromatic rings. The van der Waals surface area contributed by atoms with E-state index in [0.717, 1.165) is 5.56 Å². The molecule has 0 bridgehead atoms. The van der Waals surface area contributed by atoms with E-state index in [1.807, 2.05) is 32.9 Å².